The molecular formula is C14H22ClN3. The van der Waals surface area contributed by atoms with Crippen molar-refractivity contribution in [3.8, 4) is 0 Å². The highest BCUT2D eigenvalue weighted by atomic mass is 35.5. The Balaban J connectivity index is 2.01. The Kier molecular flexibility index (Phi) is 4.84. The molecule has 3 nitrogen and oxygen atoms in total. The quantitative estimate of drug-likeness (QED) is 0.911. The summed E-state index contributed by atoms with van der Waals surface area (Å²) in [6.45, 7) is 4.94. The van der Waals surface area contributed by atoms with Crippen LogP contribution in [0.3, 0.4) is 0 Å². The molecule has 0 saturated carbocycles. The summed E-state index contributed by atoms with van der Waals surface area (Å²) in [7, 11) is 0. The molecule has 0 aliphatic carbocycles. The zero-order valence-corrected chi connectivity index (χ0v) is 11.8. The van der Waals surface area contributed by atoms with Crippen LogP contribution in [0, 0.1) is 5.92 Å². The van der Waals surface area contributed by atoms with E-state index in [1.807, 2.05) is 6.07 Å². The zero-order chi connectivity index (χ0) is 13.0. The first kappa shape index (κ1) is 13.6. The van der Waals surface area contributed by atoms with Crippen molar-refractivity contribution in [1.82, 2.24) is 4.98 Å². The second kappa shape index (κ2) is 6.39. The second-order valence-electron chi connectivity index (χ2n) is 5.06. The van der Waals surface area contributed by atoms with Gasteiger partial charge in [-0.1, -0.05) is 31.4 Å². The Labute approximate surface area is 114 Å². The Bertz CT molecular complexity index is 387. The molecule has 18 heavy (non-hydrogen) atoms. The molecule has 0 atom stereocenters. The number of piperidine rings is 1. The number of nitrogens with two attached hydrogens (primary N) is 1. The van der Waals surface area contributed by atoms with Gasteiger partial charge in [-0.15, -0.1) is 0 Å². The molecule has 1 aromatic rings. The summed E-state index contributed by atoms with van der Waals surface area (Å²) in [6, 6.07) is 2.03. The van der Waals surface area contributed by atoms with Gasteiger partial charge in [-0.2, -0.15) is 0 Å². The van der Waals surface area contributed by atoms with E-state index in [1.54, 1.807) is 6.20 Å². The third-order valence-corrected chi connectivity index (χ3v) is 4.12. The summed E-state index contributed by atoms with van der Waals surface area (Å²) in [6.07, 6.45) is 6.92. The summed E-state index contributed by atoms with van der Waals surface area (Å²) in [4.78, 5) is 6.77. The molecular weight excluding hydrogens is 246 g/mol. The first-order valence-electron chi connectivity index (χ1n) is 6.84. The summed E-state index contributed by atoms with van der Waals surface area (Å²) >= 11 is 6.04. The Morgan fingerprint density at radius 1 is 1.44 bits per heavy atom. The maximum absolute atomic E-state index is 6.04. The molecule has 2 N–H and O–H groups in total. The van der Waals surface area contributed by atoms with Crippen LogP contribution >= 0.6 is 11.6 Å². The first-order valence-corrected chi connectivity index (χ1v) is 7.21. The molecule has 100 valence electrons. The van der Waals surface area contributed by atoms with E-state index < -0.39 is 0 Å². The van der Waals surface area contributed by atoms with Gasteiger partial charge in [-0.3, -0.25) is 0 Å². The van der Waals surface area contributed by atoms with Crippen LogP contribution in [0.2, 0.25) is 5.02 Å². The lowest BCUT2D eigenvalue weighted by atomic mass is 9.92. The smallest absolute Gasteiger partial charge is 0.128 e. The van der Waals surface area contributed by atoms with Crippen molar-refractivity contribution in [2.45, 2.75) is 39.2 Å². The lowest BCUT2D eigenvalue weighted by Gasteiger charge is -2.33. The summed E-state index contributed by atoms with van der Waals surface area (Å²) in [5, 5.41) is 0.669. The maximum Gasteiger partial charge on any atom is 0.128 e. The molecule has 2 rings (SSSR count). The summed E-state index contributed by atoms with van der Waals surface area (Å²) in [5.74, 6) is 1.92. The maximum atomic E-state index is 6.04. The van der Waals surface area contributed by atoms with Gasteiger partial charge < -0.3 is 10.6 Å². The molecule has 0 spiro atoms. The highest BCUT2D eigenvalue weighted by Gasteiger charge is 2.19. The Hall–Kier alpha value is -0.800. The average Bonchev–Trinajstić information content (AvgIpc) is 2.41. The number of aromatic nitrogens is 1. The zero-order valence-electron chi connectivity index (χ0n) is 11.0. The van der Waals surface area contributed by atoms with E-state index in [-0.39, 0.29) is 0 Å². The van der Waals surface area contributed by atoms with Crippen molar-refractivity contribution in [3.05, 3.63) is 22.8 Å². The predicted molar refractivity (Wildman–Crippen MR) is 77.0 cm³/mol. The summed E-state index contributed by atoms with van der Waals surface area (Å²) < 4.78 is 0. The monoisotopic (exact) mass is 267 g/mol. The van der Waals surface area contributed by atoms with E-state index in [0.717, 1.165) is 30.4 Å². The lowest BCUT2D eigenvalue weighted by molar-refractivity contribution is 0.377. The normalized spacial score (nSPS) is 17.2. The van der Waals surface area contributed by atoms with Gasteiger partial charge in [0.05, 0.1) is 5.02 Å². The van der Waals surface area contributed by atoms with E-state index in [0.29, 0.717) is 11.6 Å². The van der Waals surface area contributed by atoms with Crippen LogP contribution in [-0.2, 0) is 6.54 Å². The fourth-order valence-electron chi connectivity index (χ4n) is 2.66. The molecule has 1 aliphatic heterocycles. The van der Waals surface area contributed by atoms with Gasteiger partial charge in [-0.05, 0) is 30.4 Å². The van der Waals surface area contributed by atoms with Crippen molar-refractivity contribution in [1.29, 1.82) is 0 Å². The van der Waals surface area contributed by atoms with Gasteiger partial charge in [0.2, 0.25) is 0 Å². The fraction of sp³-hybridized carbons (Fsp3) is 0.643. The molecule has 2 heterocycles. The van der Waals surface area contributed by atoms with Gasteiger partial charge in [0.15, 0.2) is 0 Å². The number of hydrogen-bond acceptors (Lipinski definition) is 3. The molecule has 0 bridgehead atoms. The van der Waals surface area contributed by atoms with Crippen molar-refractivity contribution in [2.75, 3.05) is 18.0 Å². The molecule has 4 heteroatoms. The molecule has 1 aromatic heterocycles. The van der Waals surface area contributed by atoms with Crippen LogP contribution in [0.1, 0.15) is 38.2 Å². The van der Waals surface area contributed by atoms with E-state index >= 15 is 0 Å². The molecule has 1 fully saturated rings. The van der Waals surface area contributed by atoms with Crippen LogP contribution in [0.25, 0.3) is 0 Å². The highest BCUT2D eigenvalue weighted by Crippen LogP contribution is 2.26. The number of pyridine rings is 1. The molecule has 0 amide bonds. The SMILES string of the molecule is CCCC1CCN(c2cc(CN)c(Cl)cn2)CC1. The molecule has 0 aromatic carbocycles. The van der Waals surface area contributed by atoms with Crippen molar-refractivity contribution < 1.29 is 0 Å². The number of nitrogens with zero attached hydrogens (tertiary/aromatic N) is 2. The Morgan fingerprint density at radius 3 is 2.78 bits per heavy atom. The van der Waals surface area contributed by atoms with Crippen LogP contribution in [0.4, 0.5) is 5.82 Å². The van der Waals surface area contributed by atoms with Crippen LogP contribution in [0.5, 0.6) is 0 Å². The number of anilines is 1. The second-order valence-corrected chi connectivity index (χ2v) is 5.46. The third-order valence-electron chi connectivity index (χ3n) is 3.78. The van der Waals surface area contributed by atoms with Gasteiger partial charge in [0, 0.05) is 25.8 Å². The molecule has 1 saturated heterocycles. The van der Waals surface area contributed by atoms with Gasteiger partial charge in [-0.25, -0.2) is 4.98 Å². The number of rotatable bonds is 4. The number of halogens is 1. The van der Waals surface area contributed by atoms with Crippen molar-refractivity contribution in [2.24, 2.45) is 11.7 Å². The Morgan fingerprint density at radius 2 is 2.17 bits per heavy atom. The molecule has 1 aliphatic rings. The topological polar surface area (TPSA) is 42.1 Å². The van der Waals surface area contributed by atoms with Crippen LogP contribution < -0.4 is 10.6 Å². The predicted octanol–water partition coefficient (Wildman–Crippen LogP) is 3.21. The highest BCUT2D eigenvalue weighted by molar-refractivity contribution is 6.31. The van der Waals surface area contributed by atoms with E-state index in [2.05, 4.69) is 16.8 Å². The van der Waals surface area contributed by atoms with Gasteiger partial charge >= 0.3 is 0 Å². The summed E-state index contributed by atoms with van der Waals surface area (Å²) in [5.41, 5.74) is 6.66. The third kappa shape index (κ3) is 3.15. The van der Waals surface area contributed by atoms with E-state index in [1.165, 1.54) is 25.7 Å². The minimum atomic E-state index is 0.473. The van der Waals surface area contributed by atoms with E-state index in [4.69, 9.17) is 17.3 Å². The minimum absolute atomic E-state index is 0.473. The molecule has 0 unspecified atom stereocenters. The van der Waals surface area contributed by atoms with Crippen LogP contribution in [0.15, 0.2) is 12.3 Å². The van der Waals surface area contributed by atoms with Gasteiger partial charge in [0.1, 0.15) is 5.82 Å². The average molecular weight is 268 g/mol. The van der Waals surface area contributed by atoms with E-state index in [9.17, 15) is 0 Å². The first-order chi connectivity index (χ1) is 8.74. The molecule has 0 radical (unpaired) electrons. The largest absolute Gasteiger partial charge is 0.357 e. The standard InChI is InChI=1S/C14H22ClN3/c1-2-3-11-4-6-18(7-5-11)14-8-12(9-16)13(15)10-17-14/h8,10-11H,2-7,9,16H2,1H3. The lowest BCUT2D eigenvalue weighted by Crippen LogP contribution is -2.34. The van der Waals surface area contributed by atoms with Crippen LogP contribution in [-0.4, -0.2) is 18.1 Å². The number of hydrogen-bond donors (Lipinski definition) is 1. The van der Waals surface area contributed by atoms with Gasteiger partial charge in [0.25, 0.3) is 0 Å². The minimum Gasteiger partial charge on any atom is -0.357 e. The van der Waals surface area contributed by atoms with Crippen molar-refractivity contribution >= 4 is 17.4 Å². The van der Waals surface area contributed by atoms with Crippen molar-refractivity contribution in [3.63, 3.8) is 0 Å². The fourth-order valence-corrected chi connectivity index (χ4v) is 2.84.